The van der Waals surface area contributed by atoms with Gasteiger partial charge < -0.3 is 4.90 Å². The molecule has 23 heavy (non-hydrogen) atoms. The van der Waals surface area contributed by atoms with Gasteiger partial charge in [-0.05, 0) is 13.3 Å². The summed E-state index contributed by atoms with van der Waals surface area (Å²) in [7, 11) is 1.84. The van der Waals surface area contributed by atoms with Crippen LogP contribution < -0.4 is 4.90 Å². The highest BCUT2D eigenvalue weighted by Gasteiger charge is 2.33. The van der Waals surface area contributed by atoms with E-state index in [2.05, 4.69) is 19.9 Å². The second-order valence-electron chi connectivity index (χ2n) is 5.86. The minimum Gasteiger partial charge on any atom is -0.342 e. The smallest absolute Gasteiger partial charge is 0.225 e. The number of aryl methyl sites for hydroxylation is 1. The van der Waals surface area contributed by atoms with Crippen molar-refractivity contribution >= 4 is 17.3 Å². The molecular weight excluding hydrogens is 320 g/mol. The van der Waals surface area contributed by atoms with Gasteiger partial charge in [0.1, 0.15) is 6.17 Å². The Morgan fingerprint density at radius 3 is 2.74 bits per heavy atom. The molecule has 3 rings (SSSR count). The lowest BCUT2D eigenvalue weighted by Crippen LogP contribution is -2.39. The first-order valence-electron chi connectivity index (χ1n) is 7.48. The van der Waals surface area contributed by atoms with Crippen molar-refractivity contribution in [2.75, 3.05) is 25.0 Å². The molecule has 3 heterocycles. The summed E-state index contributed by atoms with van der Waals surface area (Å²) >= 11 is 1.60. The SMILES string of the molecule is Cc1ncsc1CN1C[C@@H](F)C[C@H]1CN(C)c1ncc(F)cn1. The van der Waals surface area contributed by atoms with Crippen molar-refractivity contribution in [2.24, 2.45) is 0 Å². The van der Waals surface area contributed by atoms with Crippen LogP contribution in [0, 0.1) is 12.7 Å². The Hall–Kier alpha value is -1.67. The highest BCUT2D eigenvalue weighted by atomic mass is 32.1. The van der Waals surface area contributed by atoms with E-state index < -0.39 is 12.0 Å². The largest absolute Gasteiger partial charge is 0.342 e. The van der Waals surface area contributed by atoms with Crippen LogP contribution in [-0.4, -0.2) is 52.2 Å². The minimum absolute atomic E-state index is 0.0742. The fraction of sp³-hybridized carbons (Fsp3) is 0.533. The fourth-order valence-corrected chi connectivity index (χ4v) is 3.67. The number of thiazole rings is 1. The summed E-state index contributed by atoms with van der Waals surface area (Å²) in [6.45, 7) is 3.71. The molecule has 2 atom stereocenters. The summed E-state index contributed by atoms with van der Waals surface area (Å²) in [5, 5.41) is 0. The molecular formula is C15H19F2N5S. The van der Waals surface area contributed by atoms with Crippen LogP contribution in [0.1, 0.15) is 17.0 Å². The second kappa shape index (κ2) is 6.84. The maximum Gasteiger partial charge on any atom is 0.225 e. The third-order valence-electron chi connectivity index (χ3n) is 4.10. The molecule has 1 fully saturated rings. The van der Waals surface area contributed by atoms with Gasteiger partial charge in [0.05, 0.1) is 23.6 Å². The minimum atomic E-state index is -0.823. The Bertz CT molecular complexity index is 648. The molecule has 0 spiro atoms. The van der Waals surface area contributed by atoms with Crippen molar-refractivity contribution in [1.29, 1.82) is 0 Å². The van der Waals surface area contributed by atoms with E-state index in [1.165, 1.54) is 4.88 Å². The molecule has 1 aliphatic rings. The summed E-state index contributed by atoms with van der Waals surface area (Å²) in [4.78, 5) is 17.4. The standard InChI is InChI=1S/C15H19F2N5S/c1-10-14(23-9-20-10)8-22-6-11(16)3-13(22)7-21(2)15-18-4-12(17)5-19-15/h4-5,9,11,13H,3,6-8H2,1-2H3/t11-,13-/m0/s1. The van der Waals surface area contributed by atoms with Gasteiger partial charge in [-0.25, -0.2) is 23.7 Å². The lowest BCUT2D eigenvalue weighted by Gasteiger charge is -2.28. The molecule has 2 aromatic heterocycles. The van der Waals surface area contributed by atoms with Crippen molar-refractivity contribution in [3.63, 3.8) is 0 Å². The molecule has 0 saturated carbocycles. The van der Waals surface area contributed by atoms with Crippen LogP contribution in [0.15, 0.2) is 17.9 Å². The van der Waals surface area contributed by atoms with Gasteiger partial charge in [-0.3, -0.25) is 4.90 Å². The molecule has 8 heteroatoms. The first-order valence-corrected chi connectivity index (χ1v) is 8.36. The van der Waals surface area contributed by atoms with Gasteiger partial charge in [-0.2, -0.15) is 0 Å². The van der Waals surface area contributed by atoms with Gasteiger partial charge in [0.15, 0.2) is 5.82 Å². The van der Waals surface area contributed by atoms with Crippen molar-refractivity contribution < 1.29 is 8.78 Å². The van der Waals surface area contributed by atoms with E-state index in [0.717, 1.165) is 18.1 Å². The Kier molecular flexibility index (Phi) is 4.82. The van der Waals surface area contributed by atoms with Gasteiger partial charge in [0, 0.05) is 37.6 Å². The zero-order chi connectivity index (χ0) is 16.4. The molecule has 5 nitrogen and oxygen atoms in total. The van der Waals surface area contributed by atoms with E-state index >= 15 is 0 Å². The number of likely N-dealkylation sites (tertiary alicyclic amines) is 1. The summed E-state index contributed by atoms with van der Waals surface area (Å²) in [5.74, 6) is -0.0169. The number of anilines is 1. The molecule has 0 N–H and O–H groups in total. The van der Waals surface area contributed by atoms with Crippen molar-refractivity contribution in [2.45, 2.75) is 32.1 Å². The fourth-order valence-electron chi connectivity index (χ4n) is 2.87. The molecule has 0 aromatic carbocycles. The monoisotopic (exact) mass is 339 g/mol. The molecule has 0 aliphatic carbocycles. The Labute approximate surface area is 138 Å². The van der Waals surface area contributed by atoms with E-state index in [9.17, 15) is 8.78 Å². The number of rotatable bonds is 5. The lowest BCUT2D eigenvalue weighted by atomic mass is 10.2. The van der Waals surface area contributed by atoms with Crippen LogP contribution >= 0.6 is 11.3 Å². The quantitative estimate of drug-likeness (QED) is 0.837. The average molecular weight is 339 g/mol. The molecule has 0 radical (unpaired) electrons. The van der Waals surface area contributed by atoms with Crippen molar-refractivity contribution in [3.8, 4) is 0 Å². The van der Waals surface area contributed by atoms with Crippen LogP contribution in [0.25, 0.3) is 0 Å². The Morgan fingerprint density at radius 2 is 2.09 bits per heavy atom. The zero-order valence-corrected chi connectivity index (χ0v) is 13.9. The molecule has 0 unspecified atom stereocenters. The van der Waals surface area contributed by atoms with E-state index in [4.69, 9.17) is 0 Å². The van der Waals surface area contributed by atoms with Gasteiger partial charge in [-0.15, -0.1) is 11.3 Å². The van der Waals surface area contributed by atoms with Crippen molar-refractivity contribution in [3.05, 3.63) is 34.3 Å². The van der Waals surface area contributed by atoms with Crippen LogP contribution in [0.3, 0.4) is 0 Å². The predicted octanol–water partition coefficient (Wildman–Crippen LogP) is 2.43. The summed E-state index contributed by atoms with van der Waals surface area (Å²) < 4.78 is 26.8. The van der Waals surface area contributed by atoms with E-state index in [-0.39, 0.29) is 6.04 Å². The highest BCUT2D eigenvalue weighted by Crippen LogP contribution is 2.26. The first kappa shape index (κ1) is 16.2. The normalized spacial score (nSPS) is 21.7. The maximum absolute atomic E-state index is 13.9. The number of likely N-dealkylation sites (N-methyl/N-ethyl adjacent to an activating group) is 1. The van der Waals surface area contributed by atoms with Gasteiger partial charge in [0.2, 0.25) is 5.95 Å². The predicted molar refractivity (Wildman–Crippen MR) is 85.8 cm³/mol. The van der Waals surface area contributed by atoms with E-state index in [1.807, 2.05) is 24.4 Å². The maximum atomic E-state index is 13.9. The third-order valence-corrected chi connectivity index (χ3v) is 5.02. The van der Waals surface area contributed by atoms with Crippen molar-refractivity contribution in [1.82, 2.24) is 19.9 Å². The summed E-state index contributed by atoms with van der Waals surface area (Å²) in [6.07, 6.45) is 1.95. The first-order chi connectivity index (χ1) is 11.0. The summed E-state index contributed by atoms with van der Waals surface area (Å²) in [5.41, 5.74) is 2.83. The third kappa shape index (κ3) is 3.81. The molecule has 1 saturated heterocycles. The second-order valence-corrected chi connectivity index (χ2v) is 6.80. The highest BCUT2D eigenvalue weighted by molar-refractivity contribution is 7.09. The van der Waals surface area contributed by atoms with Crippen LogP contribution in [0.5, 0.6) is 0 Å². The van der Waals surface area contributed by atoms with Gasteiger partial charge in [0.25, 0.3) is 0 Å². The summed E-state index contributed by atoms with van der Waals surface area (Å²) in [6, 6.07) is 0.0742. The lowest BCUT2D eigenvalue weighted by molar-refractivity contribution is 0.238. The number of aromatic nitrogens is 3. The Morgan fingerprint density at radius 1 is 1.35 bits per heavy atom. The van der Waals surface area contributed by atoms with E-state index in [0.29, 0.717) is 32.0 Å². The molecule has 124 valence electrons. The Balaban J connectivity index is 1.67. The number of hydrogen-bond acceptors (Lipinski definition) is 6. The molecule has 0 amide bonds. The number of hydrogen-bond donors (Lipinski definition) is 0. The average Bonchev–Trinajstić information content (AvgIpc) is 3.06. The number of alkyl halides is 1. The van der Waals surface area contributed by atoms with Gasteiger partial charge >= 0.3 is 0 Å². The number of halogens is 2. The zero-order valence-electron chi connectivity index (χ0n) is 13.1. The van der Waals surface area contributed by atoms with Crippen LogP contribution in [-0.2, 0) is 6.54 Å². The van der Waals surface area contributed by atoms with E-state index in [1.54, 1.807) is 11.3 Å². The molecule has 2 aromatic rings. The van der Waals surface area contributed by atoms with Crippen LogP contribution in [0.2, 0.25) is 0 Å². The topological polar surface area (TPSA) is 45.2 Å². The van der Waals surface area contributed by atoms with Gasteiger partial charge in [-0.1, -0.05) is 0 Å². The molecule has 1 aliphatic heterocycles. The molecule has 0 bridgehead atoms. The van der Waals surface area contributed by atoms with Crippen LogP contribution in [0.4, 0.5) is 14.7 Å². The number of nitrogens with zero attached hydrogens (tertiary/aromatic N) is 5.